The summed E-state index contributed by atoms with van der Waals surface area (Å²) in [5.41, 5.74) is 5.85. The maximum Gasteiger partial charge on any atom is 0.280 e. The average molecular weight is 310 g/mol. The molecule has 0 aliphatic heterocycles. The third-order valence-electron chi connectivity index (χ3n) is 3.48. The molecule has 0 bridgehead atoms. The highest BCUT2D eigenvalue weighted by molar-refractivity contribution is 5.84. The Bertz CT molecular complexity index is 661. The van der Waals surface area contributed by atoms with Crippen molar-refractivity contribution in [1.29, 1.82) is 0 Å². The van der Waals surface area contributed by atoms with Crippen molar-refractivity contribution in [2.24, 2.45) is 5.10 Å². The fourth-order valence-electron chi connectivity index (χ4n) is 1.98. The summed E-state index contributed by atoms with van der Waals surface area (Å²) in [6.45, 7) is 5.81. The van der Waals surface area contributed by atoms with Crippen molar-refractivity contribution in [3.05, 3.63) is 65.2 Å². The normalized spacial score (nSPS) is 12.1. The summed E-state index contributed by atoms with van der Waals surface area (Å²) in [7, 11) is 0. The van der Waals surface area contributed by atoms with Crippen molar-refractivity contribution in [1.82, 2.24) is 5.43 Å². The van der Waals surface area contributed by atoms with Crippen LogP contribution in [0.1, 0.15) is 30.5 Å². The van der Waals surface area contributed by atoms with E-state index in [-0.39, 0.29) is 5.91 Å². The number of nitrogens with zero attached hydrogens (tertiary/aromatic N) is 1. The summed E-state index contributed by atoms with van der Waals surface area (Å²) in [4.78, 5) is 12.0. The number of rotatable bonds is 6. The maximum atomic E-state index is 12.0. The first-order valence-electron chi connectivity index (χ1n) is 7.73. The zero-order valence-corrected chi connectivity index (χ0v) is 13.7. The molecule has 0 heterocycles. The summed E-state index contributed by atoms with van der Waals surface area (Å²) < 4.78 is 5.58. The fraction of sp³-hybridized carbons (Fsp3) is 0.263. The second-order valence-corrected chi connectivity index (χ2v) is 5.40. The molecule has 1 unspecified atom stereocenters. The summed E-state index contributed by atoms with van der Waals surface area (Å²) in [5, 5.41) is 3.97. The number of hydrazone groups is 1. The predicted octanol–water partition coefficient (Wildman–Crippen LogP) is 3.48. The van der Waals surface area contributed by atoms with Crippen LogP contribution in [0.15, 0.2) is 53.6 Å². The first-order valence-corrected chi connectivity index (χ1v) is 7.73. The lowest BCUT2D eigenvalue weighted by Gasteiger charge is -2.12. The molecule has 23 heavy (non-hydrogen) atoms. The van der Waals surface area contributed by atoms with Gasteiger partial charge in [0.1, 0.15) is 5.75 Å². The molecule has 1 N–H and O–H groups in total. The number of aryl methyl sites for hydroxylation is 2. The topological polar surface area (TPSA) is 50.7 Å². The standard InChI is InChI=1S/C19H22N2O2/c1-4-16-7-9-17(10-8-16)13-20-21-19(22)15(3)23-18-11-5-14(2)6-12-18/h5-13,15H,4H2,1-3H3,(H,21,22)/b20-13+. The van der Waals surface area contributed by atoms with E-state index < -0.39 is 6.10 Å². The van der Waals surface area contributed by atoms with Crippen LogP contribution in [0.3, 0.4) is 0 Å². The lowest BCUT2D eigenvalue weighted by atomic mass is 10.1. The number of benzene rings is 2. The van der Waals surface area contributed by atoms with Crippen LogP contribution in [0.4, 0.5) is 0 Å². The van der Waals surface area contributed by atoms with Crippen molar-refractivity contribution in [2.75, 3.05) is 0 Å². The quantitative estimate of drug-likeness (QED) is 0.656. The fourth-order valence-corrected chi connectivity index (χ4v) is 1.98. The molecule has 0 saturated heterocycles. The van der Waals surface area contributed by atoms with Crippen molar-refractivity contribution in [3.63, 3.8) is 0 Å². The zero-order valence-electron chi connectivity index (χ0n) is 13.7. The molecular weight excluding hydrogens is 288 g/mol. The van der Waals surface area contributed by atoms with Crippen LogP contribution >= 0.6 is 0 Å². The van der Waals surface area contributed by atoms with Gasteiger partial charge in [0.2, 0.25) is 0 Å². The Morgan fingerprint density at radius 1 is 1.17 bits per heavy atom. The van der Waals surface area contributed by atoms with Crippen LogP contribution in [-0.2, 0) is 11.2 Å². The molecule has 4 nitrogen and oxygen atoms in total. The van der Waals surface area contributed by atoms with E-state index >= 15 is 0 Å². The van der Waals surface area contributed by atoms with Crippen LogP contribution in [0, 0.1) is 6.92 Å². The number of carbonyl (C=O) groups excluding carboxylic acids is 1. The molecule has 0 aliphatic rings. The van der Waals surface area contributed by atoms with Gasteiger partial charge in [0.05, 0.1) is 6.21 Å². The molecule has 0 aromatic heterocycles. The molecule has 2 rings (SSSR count). The van der Waals surface area contributed by atoms with Gasteiger partial charge in [-0.25, -0.2) is 5.43 Å². The van der Waals surface area contributed by atoms with Crippen LogP contribution in [0.25, 0.3) is 0 Å². The molecule has 0 aliphatic carbocycles. The number of hydrogen-bond donors (Lipinski definition) is 1. The molecule has 1 amide bonds. The third kappa shape index (κ3) is 5.25. The summed E-state index contributed by atoms with van der Waals surface area (Å²) in [5.74, 6) is 0.379. The SMILES string of the molecule is CCc1ccc(/C=N/NC(=O)C(C)Oc2ccc(C)cc2)cc1. The number of carbonyl (C=O) groups is 1. The van der Waals surface area contributed by atoms with E-state index in [4.69, 9.17) is 4.74 Å². The van der Waals surface area contributed by atoms with E-state index in [0.29, 0.717) is 5.75 Å². The zero-order chi connectivity index (χ0) is 16.7. The Labute approximate surface area is 137 Å². The number of ether oxygens (including phenoxy) is 1. The van der Waals surface area contributed by atoms with Gasteiger partial charge in [-0.05, 0) is 43.5 Å². The van der Waals surface area contributed by atoms with E-state index in [1.165, 1.54) is 5.56 Å². The minimum absolute atomic E-state index is 0.285. The maximum absolute atomic E-state index is 12.0. The van der Waals surface area contributed by atoms with Crippen LogP contribution in [-0.4, -0.2) is 18.2 Å². The molecule has 0 radical (unpaired) electrons. The molecule has 0 fully saturated rings. The smallest absolute Gasteiger partial charge is 0.280 e. The van der Waals surface area contributed by atoms with Crippen molar-refractivity contribution >= 4 is 12.1 Å². The van der Waals surface area contributed by atoms with E-state index in [1.54, 1.807) is 13.1 Å². The van der Waals surface area contributed by atoms with E-state index in [9.17, 15) is 4.79 Å². The van der Waals surface area contributed by atoms with Crippen molar-refractivity contribution < 1.29 is 9.53 Å². The highest BCUT2D eigenvalue weighted by Gasteiger charge is 2.13. The van der Waals surface area contributed by atoms with E-state index in [0.717, 1.165) is 17.5 Å². The van der Waals surface area contributed by atoms with Crippen LogP contribution in [0.5, 0.6) is 5.75 Å². The average Bonchev–Trinajstić information content (AvgIpc) is 2.57. The van der Waals surface area contributed by atoms with Gasteiger partial charge in [0, 0.05) is 0 Å². The molecule has 4 heteroatoms. The van der Waals surface area contributed by atoms with Gasteiger partial charge in [-0.15, -0.1) is 0 Å². The van der Waals surface area contributed by atoms with Crippen molar-refractivity contribution in [2.45, 2.75) is 33.3 Å². The van der Waals surface area contributed by atoms with Crippen LogP contribution in [0.2, 0.25) is 0 Å². The van der Waals surface area contributed by atoms with E-state index in [1.807, 2.05) is 55.5 Å². The number of nitrogens with one attached hydrogen (secondary N) is 1. The Morgan fingerprint density at radius 2 is 1.83 bits per heavy atom. The molecule has 120 valence electrons. The van der Waals surface area contributed by atoms with Gasteiger partial charge in [-0.1, -0.05) is 48.9 Å². The highest BCUT2D eigenvalue weighted by Crippen LogP contribution is 2.13. The molecule has 2 aromatic carbocycles. The van der Waals surface area contributed by atoms with Gasteiger partial charge in [-0.3, -0.25) is 4.79 Å². The lowest BCUT2D eigenvalue weighted by Crippen LogP contribution is -2.33. The molecule has 2 aromatic rings. The lowest BCUT2D eigenvalue weighted by molar-refractivity contribution is -0.127. The highest BCUT2D eigenvalue weighted by atomic mass is 16.5. The Balaban J connectivity index is 1.85. The second kappa shape index (κ2) is 8.13. The van der Waals surface area contributed by atoms with Gasteiger partial charge in [0.25, 0.3) is 5.91 Å². The minimum atomic E-state index is -0.614. The molecule has 0 saturated carbocycles. The summed E-state index contributed by atoms with van der Waals surface area (Å²) in [6, 6.07) is 15.6. The molecule has 1 atom stereocenters. The predicted molar refractivity (Wildman–Crippen MR) is 92.8 cm³/mol. The number of hydrogen-bond acceptors (Lipinski definition) is 3. The number of amides is 1. The van der Waals surface area contributed by atoms with Gasteiger partial charge >= 0.3 is 0 Å². The Hall–Kier alpha value is -2.62. The minimum Gasteiger partial charge on any atom is -0.481 e. The molecule has 0 spiro atoms. The first-order chi connectivity index (χ1) is 11.1. The van der Waals surface area contributed by atoms with Crippen LogP contribution < -0.4 is 10.2 Å². The van der Waals surface area contributed by atoms with Crippen molar-refractivity contribution in [3.8, 4) is 5.75 Å². The monoisotopic (exact) mass is 310 g/mol. The Morgan fingerprint density at radius 3 is 2.43 bits per heavy atom. The van der Waals surface area contributed by atoms with Gasteiger partial charge in [-0.2, -0.15) is 5.10 Å². The largest absolute Gasteiger partial charge is 0.481 e. The molecular formula is C19H22N2O2. The van der Waals surface area contributed by atoms with E-state index in [2.05, 4.69) is 17.5 Å². The summed E-state index contributed by atoms with van der Waals surface area (Å²) >= 11 is 0. The van der Waals surface area contributed by atoms with Gasteiger partial charge in [0.15, 0.2) is 6.10 Å². The van der Waals surface area contributed by atoms with Gasteiger partial charge < -0.3 is 4.74 Å². The first kappa shape index (κ1) is 16.7. The Kier molecular flexibility index (Phi) is 5.92. The summed E-state index contributed by atoms with van der Waals surface area (Å²) in [6.07, 6.45) is 2.01. The second-order valence-electron chi connectivity index (χ2n) is 5.40. The third-order valence-corrected chi connectivity index (χ3v) is 3.48.